The van der Waals surface area contributed by atoms with Gasteiger partial charge in [-0.1, -0.05) is 53.7 Å². The molecule has 0 aromatic heterocycles. The number of hydrogen-bond acceptors (Lipinski definition) is 1. The van der Waals surface area contributed by atoms with Crippen LogP contribution in [0.3, 0.4) is 0 Å². The maximum absolute atomic E-state index is 6.44. The average Bonchev–Trinajstić information content (AvgIpc) is 2.11. The third-order valence-corrected chi connectivity index (χ3v) is 3.66. The normalized spacial score (nSPS) is 14.6. The first-order valence-electron chi connectivity index (χ1n) is 7.29. The monoisotopic (exact) mass is 261 g/mol. The Balaban J connectivity index is 3.18. The fourth-order valence-electron chi connectivity index (χ4n) is 2.75. The van der Waals surface area contributed by atoms with Crippen LogP contribution in [0.4, 0.5) is 0 Å². The average molecular weight is 261 g/mol. The van der Waals surface area contributed by atoms with Crippen molar-refractivity contribution in [1.29, 1.82) is 0 Å². The van der Waals surface area contributed by atoms with Gasteiger partial charge < -0.3 is 5.73 Å². The van der Waals surface area contributed by atoms with Crippen LogP contribution in [-0.4, -0.2) is 0 Å². The summed E-state index contributed by atoms with van der Waals surface area (Å²) in [6.07, 6.45) is 1.02. The minimum absolute atomic E-state index is 0.133. The summed E-state index contributed by atoms with van der Waals surface area (Å²) in [5.41, 5.74) is 12.3. The summed E-state index contributed by atoms with van der Waals surface area (Å²) in [4.78, 5) is 0. The van der Waals surface area contributed by atoms with Crippen LogP contribution >= 0.6 is 0 Å². The van der Waals surface area contributed by atoms with Crippen molar-refractivity contribution < 1.29 is 0 Å². The van der Waals surface area contributed by atoms with Crippen LogP contribution < -0.4 is 5.73 Å². The Morgan fingerprint density at radius 1 is 0.947 bits per heavy atom. The van der Waals surface area contributed by atoms with E-state index in [9.17, 15) is 0 Å². The lowest BCUT2D eigenvalue weighted by Gasteiger charge is -2.28. The quantitative estimate of drug-likeness (QED) is 0.793. The molecule has 0 radical (unpaired) electrons. The van der Waals surface area contributed by atoms with Crippen molar-refractivity contribution in [3.63, 3.8) is 0 Å². The van der Waals surface area contributed by atoms with Gasteiger partial charge in [0.15, 0.2) is 0 Å². The molecule has 1 unspecified atom stereocenters. The molecule has 1 nitrogen and oxygen atoms in total. The molecule has 0 saturated heterocycles. The zero-order valence-electron chi connectivity index (χ0n) is 14.0. The van der Waals surface area contributed by atoms with Gasteiger partial charge in [0.05, 0.1) is 0 Å². The van der Waals surface area contributed by atoms with E-state index < -0.39 is 0 Å². The van der Waals surface area contributed by atoms with Gasteiger partial charge in [0.25, 0.3) is 0 Å². The van der Waals surface area contributed by atoms with Gasteiger partial charge in [-0.05, 0) is 53.4 Å². The van der Waals surface area contributed by atoms with Gasteiger partial charge in [-0.15, -0.1) is 0 Å². The van der Waals surface area contributed by atoms with Crippen LogP contribution in [-0.2, 0) is 5.41 Å². The summed E-state index contributed by atoms with van der Waals surface area (Å²) < 4.78 is 0. The number of hydrogen-bond donors (Lipinski definition) is 1. The highest BCUT2D eigenvalue weighted by atomic mass is 14.6. The van der Waals surface area contributed by atoms with E-state index in [0.717, 1.165) is 6.42 Å². The smallest absolute Gasteiger partial charge is 0.0305 e. The molecule has 1 atom stereocenters. The van der Waals surface area contributed by atoms with Gasteiger partial charge in [-0.25, -0.2) is 0 Å². The molecule has 108 valence electrons. The minimum atomic E-state index is 0.133. The predicted molar refractivity (Wildman–Crippen MR) is 85.6 cm³/mol. The molecule has 0 heterocycles. The van der Waals surface area contributed by atoms with E-state index in [-0.39, 0.29) is 16.9 Å². The van der Waals surface area contributed by atoms with Crippen molar-refractivity contribution >= 4 is 0 Å². The summed E-state index contributed by atoms with van der Waals surface area (Å²) in [5.74, 6) is 0. The first-order valence-corrected chi connectivity index (χ1v) is 7.29. The van der Waals surface area contributed by atoms with Crippen LogP contribution in [0.25, 0.3) is 0 Å². The molecule has 1 aromatic carbocycles. The van der Waals surface area contributed by atoms with Gasteiger partial charge in [0, 0.05) is 6.04 Å². The molecule has 1 aromatic rings. The second kappa shape index (κ2) is 5.28. The zero-order chi connectivity index (χ0) is 15.0. The van der Waals surface area contributed by atoms with Gasteiger partial charge in [0.1, 0.15) is 0 Å². The van der Waals surface area contributed by atoms with E-state index in [1.54, 1.807) is 0 Å². The van der Waals surface area contributed by atoms with Crippen LogP contribution in [0.5, 0.6) is 0 Å². The Kier molecular flexibility index (Phi) is 4.51. The molecular weight excluding hydrogens is 230 g/mol. The molecule has 0 saturated carbocycles. The molecule has 0 amide bonds. The van der Waals surface area contributed by atoms with Gasteiger partial charge in [0.2, 0.25) is 0 Å². The van der Waals surface area contributed by atoms with E-state index in [4.69, 9.17) is 5.73 Å². The SMILES string of the molecule is Cc1cc(C(C)(C)C)cc(C)c1C(N)CC(C)(C)C. The standard InChI is InChI=1S/C18H31N/c1-12-9-14(18(6,7)8)10-13(2)16(12)15(19)11-17(3,4)5/h9-10,15H,11,19H2,1-8H3. The molecule has 19 heavy (non-hydrogen) atoms. The summed E-state index contributed by atoms with van der Waals surface area (Å²) >= 11 is 0. The van der Waals surface area contributed by atoms with Crippen molar-refractivity contribution in [2.75, 3.05) is 0 Å². The van der Waals surface area contributed by atoms with Crippen molar-refractivity contribution in [2.24, 2.45) is 11.1 Å². The maximum Gasteiger partial charge on any atom is 0.0305 e. The van der Waals surface area contributed by atoms with Crippen LogP contribution in [0.2, 0.25) is 0 Å². The Labute approximate surface area is 119 Å². The Morgan fingerprint density at radius 3 is 1.68 bits per heavy atom. The molecule has 1 rings (SSSR count). The summed E-state index contributed by atoms with van der Waals surface area (Å²) in [6.45, 7) is 17.9. The van der Waals surface area contributed by atoms with Crippen molar-refractivity contribution in [3.8, 4) is 0 Å². The fraction of sp³-hybridized carbons (Fsp3) is 0.667. The second-order valence-electron chi connectivity index (χ2n) is 8.14. The minimum Gasteiger partial charge on any atom is -0.324 e. The van der Waals surface area contributed by atoms with E-state index in [1.165, 1.54) is 22.3 Å². The molecule has 1 heteroatoms. The predicted octanol–water partition coefficient (Wildman–Crippen LogP) is 5.04. The lowest BCUT2D eigenvalue weighted by atomic mass is 9.80. The van der Waals surface area contributed by atoms with Crippen molar-refractivity contribution in [1.82, 2.24) is 0 Å². The molecule has 0 spiro atoms. The highest BCUT2D eigenvalue weighted by Gasteiger charge is 2.22. The van der Waals surface area contributed by atoms with E-state index in [1.807, 2.05) is 0 Å². The lowest BCUT2D eigenvalue weighted by Crippen LogP contribution is -2.21. The van der Waals surface area contributed by atoms with E-state index >= 15 is 0 Å². The summed E-state index contributed by atoms with van der Waals surface area (Å²) in [7, 11) is 0. The van der Waals surface area contributed by atoms with E-state index in [2.05, 4.69) is 67.5 Å². The summed E-state index contributed by atoms with van der Waals surface area (Å²) in [6, 6.07) is 4.75. The first-order chi connectivity index (χ1) is 8.42. The molecule has 0 aliphatic rings. The second-order valence-corrected chi connectivity index (χ2v) is 8.14. The zero-order valence-corrected chi connectivity index (χ0v) is 14.0. The Morgan fingerprint density at radius 2 is 1.37 bits per heavy atom. The molecular formula is C18H31N. The van der Waals surface area contributed by atoms with Crippen molar-refractivity contribution in [2.45, 2.75) is 73.3 Å². The molecule has 0 aliphatic carbocycles. The van der Waals surface area contributed by atoms with Crippen LogP contribution in [0.1, 0.15) is 76.3 Å². The maximum atomic E-state index is 6.44. The number of rotatable bonds is 2. The summed E-state index contributed by atoms with van der Waals surface area (Å²) in [5, 5.41) is 0. The highest BCUT2D eigenvalue weighted by molar-refractivity contribution is 5.42. The largest absolute Gasteiger partial charge is 0.324 e. The first kappa shape index (κ1) is 16.2. The van der Waals surface area contributed by atoms with Gasteiger partial charge in [-0.3, -0.25) is 0 Å². The third-order valence-electron chi connectivity index (χ3n) is 3.66. The van der Waals surface area contributed by atoms with Gasteiger partial charge >= 0.3 is 0 Å². The fourth-order valence-corrected chi connectivity index (χ4v) is 2.75. The topological polar surface area (TPSA) is 26.0 Å². The molecule has 0 fully saturated rings. The number of benzene rings is 1. The lowest BCUT2D eigenvalue weighted by molar-refractivity contribution is 0.342. The molecule has 2 N–H and O–H groups in total. The number of aryl methyl sites for hydroxylation is 2. The Bertz CT molecular complexity index is 421. The van der Waals surface area contributed by atoms with Crippen LogP contribution in [0.15, 0.2) is 12.1 Å². The van der Waals surface area contributed by atoms with Gasteiger partial charge in [-0.2, -0.15) is 0 Å². The highest BCUT2D eigenvalue weighted by Crippen LogP contribution is 2.33. The Hall–Kier alpha value is -0.820. The third kappa shape index (κ3) is 4.35. The number of nitrogens with two attached hydrogens (primary N) is 1. The molecule has 0 aliphatic heterocycles. The van der Waals surface area contributed by atoms with Crippen molar-refractivity contribution in [3.05, 3.63) is 34.4 Å². The van der Waals surface area contributed by atoms with Crippen LogP contribution in [0, 0.1) is 19.3 Å². The molecule has 0 bridgehead atoms. The van der Waals surface area contributed by atoms with E-state index in [0.29, 0.717) is 0 Å².